The van der Waals surface area contributed by atoms with Gasteiger partial charge in [0.2, 0.25) is 0 Å². The third kappa shape index (κ3) is 2.94. The fraction of sp³-hybridized carbons (Fsp3) is 0.583. The molecule has 0 aliphatic rings. The van der Waals surface area contributed by atoms with E-state index in [0.29, 0.717) is 12.6 Å². The minimum atomic E-state index is 0.237. The van der Waals surface area contributed by atoms with Gasteiger partial charge in [0.1, 0.15) is 17.2 Å². The van der Waals surface area contributed by atoms with Crippen LogP contribution in [0.4, 0.5) is 0 Å². The van der Waals surface area contributed by atoms with Crippen molar-refractivity contribution in [2.75, 3.05) is 0 Å². The van der Waals surface area contributed by atoms with E-state index in [-0.39, 0.29) is 6.04 Å². The number of hydrogen-bond acceptors (Lipinski definition) is 5. The minimum absolute atomic E-state index is 0.237. The summed E-state index contributed by atoms with van der Waals surface area (Å²) in [5.41, 5.74) is 1.08. The topological polar surface area (TPSA) is 55.6 Å². The smallest absolute Gasteiger partial charge is 0.141 e. The molecule has 6 heteroatoms. The summed E-state index contributed by atoms with van der Waals surface area (Å²) in [5.74, 6) is 0.963. The predicted molar refractivity (Wildman–Crippen MR) is 72.5 cm³/mol. The molecular weight excluding hydrogens is 246 g/mol. The van der Waals surface area contributed by atoms with Gasteiger partial charge in [-0.2, -0.15) is 5.10 Å². The van der Waals surface area contributed by atoms with Crippen molar-refractivity contribution >= 4 is 11.3 Å². The lowest BCUT2D eigenvalue weighted by atomic mass is 10.3. The summed E-state index contributed by atoms with van der Waals surface area (Å²) in [6.45, 7) is 9.05. The molecular formula is C12H19N5S. The van der Waals surface area contributed by atoms with Crippen molar-refractivity contribution in [1.29, 1.82) is 0 Å². The molecule has 2 aromatic heterocycles. The third-order valence-corrected chi connectivity index (χ3v) is 3.86. The quantitative estimate of drug-likeness (QED) is 0.902. The zero-order valence-electron chi connectivity index (χ0n) is 11.2. The molecule has 1 atom stereocenters. The van der Waals surface area contributed by atoms with E-state index >= 15 is 0 Å². The van der Waals surface area contributed by atoms with E-state index in [9.17, 15) is 0 Å². The molecule has 5 nitrogen and oxygen atoms in total. The molecule has 1 N–H and O–H groups in total. The Balaban J connectivity index is 1.97. The van der Waals surface area contributed by atoms with Crippen LogP contribution < -0.4 is 5.32 Å². The highest BCUT2D eigenvalue weighted by Crippen LogP contribution is 2.17. The van der Waals surface area contributed by atoms with E-state index < -0.39 is 0 Å². The molecule has 0 amide bonds. The first kappa shape index (κ1) is 13.2. The van der Waals surface area contributed by atoms with Gasteiger partial charge in [-0.05, 0) is 27.7 Å². The molecule has 0 aromatic carbocycles. The molecule has 0 fully saturated rings. The largest absolute Gasteiger partial charge is 0.301 e. The fourth-order valence-corrected chi connectivity index (χ4v) is 2.56. The van der Waals surface area contributed by atoms with Crippen LogP contribution in [0.2, 0.25) is 0 Å². The van der Waals surface area contributed by atoms with Crippen molar-refractivity contribution in [3.63, 3.8) is 0 Å². The number of aryl methyl sites for hydroxylation is 1. The van der Waals surface area contributed by atoms with Crippen molar-refractivity contribution < 1.29 is 0 Å². The fourth-order valence-electron chi connectivity index (χ4n) is 1.73. The van der Waals surface area contributed by atoms with Crippen molar-refractivity contribution in [2.24, 2.45) is 0 Å². The van der Waals surface area contributed by atoms with E-state index in [1.54, 1.807) is 17.7 Å². The van der Waals surface area contributed by atoms with Crippen molar-refractivity contribution in [3.05, 3.63) is 28.2 Å². The Labute approximate surface area is 111 Å². The summed E-state index contributed by atoms with van der Waals surface area (Å²) in [4.78, 5) is 8.76. The molecule has 0 radical (unpaired) electrons. The Kier molecular flexibility index (Phi) is 4.08. The highest BCUT2D eigenvalue weighted by atomic mass is 32.1. The first-order chi connectivity index (χ1) is 8.58. The second kappa shape index (κ2) is 5.58. The second-order valence-electron chi connectivity index (χ2n) is 4.64. The maximum absolute atomic E-state index is 4.48. The molecule has 2 rings (SSSR count). The van der Waals surface area contributed by atoms with Crippen LogP contribution in [0.1, 0.15) is 49.4 Å². The number of aromatic nitrogens is 4. The van der Waals surface area contributed by atoms with Gasteiger partial charge < -0.3 is 5.32 Å². The maximum atomic E-state index is 4.48. The monoisotopic (exact) mass is 265 g/mol. The van der Waals surface area contributed by atoms with Crippen LogP contribution in [0.25, 0.3) is 0 Å². The lowest BCUT2D eigenvalue weighted by molar-refractivity contribution is 0.473. The number of rotatable bonds is 5. The molecule has 0 saturated carbocycles. The summed E-state index contributed by atoms with van der Waals surface area (Å²) in [5, 5.41) is 10.8. The summed E-state index contributed by atoms with van der Waals surface area (Å²) in [6.07, 6.45) is 1.61. The van der Waals surface area contributed by atoms with Crippen LogP contribution in [0, 0.1) is 6.92 Å². The van der Waals surface area contributed by atoms with Gasteiger partial charge in [-0.25, -0.2) is 14.6 Å². The number of thiazole rings is 1. The lowest BCUT2D eigenvalue weighted by Gasteiger charge is -2.13. The predicted octanol–water partition coefficient (Wildman–Crippen LogP) is 2.47. The number of nitrogens with zero attached hydrogens (tertiary/aromatic N) is 4. The first-order valence-corrected chi connectivity index (χ1v) is 6.99. The summed E-state index contributed by atoms with van der Waals surface area (Å²) < 4.78 is 1.94. The van der Waals surface area contributed by atoms with Crippen LogP contribution in [-0.4, -0.2) is 19.7 Å². The van der Waals surface area contributed by atoms with Gasteiger partial charge in [0.05, 0.1) is 12.6 Å². The summed E-state index contributed by atoms with van der Waals surface area (Å²) in [7, 11) is 0. The Morgan fingerprint density at radius 3 is 2.78 bits per heavy atom. The van der Waals surface area contributed by atoms with Crippen molar-refractivity contribution in [1.82, 2.24) is 25.1 Å². The van der Waals surface area contributed by atoms with Crippen LogP contribution in [0.5, 0.6) is 0 Å². The van der Waals surface area contributed by atoms with E-state index in [4.69, 9.17) is 0 Å². The Bertz CT molecular complexity index is 502. The van der Waals surface area contributed by atoms with Gasteiger partial charge in [-0.15, -0.1) is 11.3 Å². The minimum Gasteiger partial charge on any atom is -0.301 e. The second-order valence-corrected chi connectivity index (χ2v) is 5.53. The zero-order chi connectivity index (χ0) is 13.1. The SMILES string of the molecule is Cc1csc(C(C)NCc2ncnn2C(C)C)n1. The molecule has 0 aliphatic carbocycles. The van der Waals surface area contributed by atoms with E-state index in [1.165, 1.54) is 0 Å². The van der Waals surface area contributed by atoms with E-state index in [2.05, 4.69) is 46.5 Å². The van der Waals surface area contributed by atoms with Crippen molar-refractivity contribution in [2.45, 2.75) is 46.3 Å². The van der Waals surface area contributed by atoms with E-state index in [0.717, 1.165) is 16.5 Å². The van der Waals surface area contributed by atoms with Gasteiger partial charge in [0.15, 0.2) is 0 Å². The lowest BCUT2D eigenvalue weighted by Crippen LogP contribution is -2.21. The molecule has 98 valence electrons. The Morgan fingerprint density at radius 2 is 2.17 bits per heavy atom. The van der Waals surface area contributed by atoms with Gasteiger partial charge >= 0.3 is 0 Å². The molecule has 0 bridgehead atoms. The molecule has 0 spiro atoms. The normalized spacial score (nSPS) is 13.2. The molecule has 0 aliphatic heterocycles. The standard InChI is InChI=1S/C12H19N5S/c1-8(2)17-11(14-7-15-17)5-13-10(4)12-16-9(3)6-18-12/h6-8,10,13H,5H2,1-4H3. The molecule has 2 heterocycles. The van der Waals surface area contributed by atoms with Crippen LogP contribution in [-0.2, 0) is 6.54 Å². The summed E-state index contributed by atoms with van der Waals surface area (Å²) in [6, 6.07) is 0.572. The number of hydrogen-bond donors (Lipinski definition) is 1. The van der Waals surface area contributed by atoms with Crippen molar-refractivity contribution in [3.8, 4) is 0 Å². The van der Waals surface area contributed by atoms with Crippen LogP contribution >= 0.6 is 11.3 Å². The zero-order valence-corrected chi connectivity index (χ0v) is 12.0. The Morgan fingerprint density at radius 1 is 1.39 bits per heavy atom. The molecule has 0 saturated heterocycles. The molecule has 18 heavy (non-hydrogen) atoms. The number of nitrogens with one attached hydrogen (secondary N) is 1. The highest BCUT2D eigenvalue weighted by molar-refractivity contribution is 7.09. The van der Waals surface area contributed by atoms with Gasteiger partial charge in [-0.1, -0.05) is 0 Å². The average Bonchev–Trinajstić information content (AvgIpc) is 2.94. The Hall–Kier alpha value is -1.27. The van der Waals surface area contributed by atoms with Gasteiger partial charge in [0, 0.05) is 17.1 Å². The summed E-state index contributed by atoms with van der Waals surface area (Å²) >= 11 is 1.69. The maximum Gasteiger partial charge on any atom is 0.141 e. The molecule has 1 unspecified atom stereocenters. The van der Waals surface area contributed by atoms with Gasteiger partial charge in [0.25, 0.3) is 0 Å². The van der Waals surface area contributed by atoms with E-state index in [1.807, 2.05) is 11.6 Å². The molecule has 2 aromatic rings. The van der Waals surface area contributed by atoms with Gasteiger partial charge in [-0.3, -0.25) is 0 Å². The average molecular weight is 265 g/mol. The van der Waals surface area contributed by atoms with Crippen LogP contribution in [0.15, 0.2) is 11.7 Å². The third-order valence-electron chi connectivity index (χ3n) is 2.71. The van der Waals surface area contributed by atoms with Crippen LogP contribution in [0.3, 0.4) is 0 Å². The highest BCUT2D eigenvalue weighted by Gasteiger charge is 2.12. The first-order valence-electron chi connectivity index (χ1n) is 6.11.